The molecule has 2 amide bonds. The van der Waals surface area contributed by atoms with Gasteiger partial charge in [0.25, 0.3) is 0 Å². The Bertz CT molecular complexity index is 1400. The fraction of sp³-hybridized carbons (Fsp3) is 0.129. The van der Waals surface area contributed by atoms with Gasteiger partial charge in [-0.3, -0.25) is 5.32 Å². The zero-order chi connectivity index (χ0) is 31.7. The number of halogens is 3. The highest BCUT2D eigenvalue weighted by atomic mass is 35.7. The van der Waals surface area contributed by atoms with E-state index in [1.165, 1.54) is 11.8 Å². The average molecular weight is 680 g/mol. The second kappa shape index (κ2) is 15.4. The molecule has 0 radical (unpaired) electrons. The van der Waals surface area contributed by atoms with Gasteiger partial charge in [0.2, 0.25) is 5.44 Å². The quantitative estimate of drug-likeness (QED) is 0.228. The first kappa shape index (κ1) is 34.9. The van der Waals surface area contributed by atoms with Crippen molar-refractivity contribution < 1.29 is 33.7 Å². The summed E-state index contributed by atoms with van der Waals surface area (Å²) in [4.78, 5) is 14.4. The largest absolute Gasteiger partial charge is 0.333 e. The topological polar surface area (TPSA) is 133 Å². The summed E-state index contributed by atoms with van der Waals surface area (Å²) in [7, 11) is -7.60. The Balaban J connectivity index is 0.000000934. The second-order valence-corrected chi connectivity index (χ2v) is 16.3. The first-order valence-corrected chi connectivity index (χ1v) is 17.4. The Morgan fingerprint density at radius 2 is 1.09 bits per heavy atom. The summed E-state index contributed by atoms with van der Waals surface area (Å²) in [6.45, 7) is 5.86. The van der Waals surface area contributed by atoms with Crippen LogP contribution in [-0.4, -0.2) is 11.6 Å². The maximum atomic E-state index is 13.5. The van der Waals surface area contributed by atoms with E-state index >= 15 is 0 Å². The molecule has 0 unspecified atom stereocenters. The summed E-state index contributed by atoms with van der Waals surface area (Å²) in [5.74, 6) is 0. The molecular weight excluding hydrogens is 650 g/mol. The fourth-order valence-corrected chi connectivity index (χ4v) is 10.2. The van der Waals surface area contributed by atoms with Crippen molar-refractivity contribution in [2.45, 2.75) is 31.2 Å². The van der Waals surface area contributed by atoms with Crippen LogP contribution in [0.1, 0.15) is 20.8 Å². The van der Waals surface area contributed by atoms with Gasteiger partial charge in [-0.15, -0.1) is 10.2 Å². The molecule has 0 heterocycles. The molecule has 4 aromatic rings. The van der Waals surface area contributed by atoms with Crippen LogP contribution in [-0.2, 0) is 0 Å². The molecule has 43 heavy (non-hydrogen) atoms. The number of rotatable bonds is 7. The molecule has 0 spiro atoms. The molecule has 0 aliphatic carbocycles. The van der Waals surface area contributed by atoms with Gasteiger partial charge in [0, 0.05) is 15.5 Å². The normalized spacial score (nSPS) is 12.4. The maximum absolute atomic E-state index is 13.5. The molecule has 0 aliphatic rings. The van der Waals surface area contributed by atoms with Crippen molar-refractivity contribution >= 4 is 64.2 Å². The van der Waals surface area contributed by atoms with Gasteiger partial charge < -0.3 is 5.32 Å². The van der Waals surface area contributed by atoms with Crippen LogP contribution in [0.5, 0.6) is 0 Å². The van der Waals surface area contributed by atoms with Crippen LogP contribution >= 0.6 is 42.2 Å². The molecule has 0 bridgehead atoms. The van der Waals surface area contributed by atoms with Gasteiger partial charge in [-0.05, 0) is 81.4 Å². The minimum Gasteiger partial charge on any atom is -0.333 e. The summed E-state index contributed by atoms with van der Waals surface area (Å²) in [5, 5.41) is 10.2. The minimum atomic E-state index is -4.94. The van der Waals surface area contributed by atoms with Crippen LogP contribution < -0.4 is 45.2 Å². The number of carbonyl (C=O) groups is 1. The molecule has 0 aromatic heterocycles. The summed E-state index contributed by atoms with van der Waals surface area (Å²) in [6, 6.07) is 38.1. The number of amides is 2. The first-order chi connectivity index (χ1) is 20.2. The van der Waals surface area contributed by atoms with Crippen molar-refractivity contribution in [1.29, 1.82) is 0 Å². The first-order valence-electron chi connectivity index (χ1n) is 12.8. The van der Waals surface area contributed by atoms with Crippen molar-refractivity contribution in [2.75, 3.05) is 0 Å². The molecule has 0 saturated heterocycles. The lowest BCUT2D eigenvalue weighted by atomic mass is 10.1. The molecular formula is C31H30Cl3N2O5PS. The number of urea groups is 1. The number of benzene rings is 4. The number of hydrogen-bond donors (Lipinski definition) is 2. The van der Waals surface area contributed by atoms with Gasteiger partial charge >= 0.3 is 6.03 Å². The lowest BCUT2D eigenvalue weighted by molar-refractivity contribution is -2.00. The highest BCUT2D eigenvalue weighted by Gasteiger charge is 2.52. The molecule has 0 saturated carbocycles. The van der Waals surface area contributed by atoms with Gasteiger partial charge in [0.15, 0.2) is 7.26 Å². The summed E-state index contributed by atoms with van der Waals surface area (Å²) in [6.07, 6.45) is 0. The predicted molar refractivity (Wildman–Crippen MR) is 167 cm³/mol. The molecule has 0 atom stereocenters. The Kier molecular flexibility index (Phi) is 12.5. The van der Waals surface area contributed by atoms with E-state index in [4.69, 9.17) is 41.8 Å². The monoisotopic (exact) mass is 678 g/mol. The van der Waals surface area contributed by atoms with Crippen molar-refractivity contribution in [3.63, 3.8) is 0 Å². The average Bonchev–Trinajstić information content (AvgIpc) is 2.94. The second-order valence-electron chi connectivity index (χ2n) is 10.1. The van der Waals surface area contributed by atoms with E-state index < -0.39 is 23.0 Å². The van der Waals surface area contributed by atoms with Crippen molar-refractivity contribution in [1.82, 2.24) is 10.6 Å². The van der Waals surface area contributed by atoms with E-state index in [-0.39, 0.29) is 6.03 Å². The maximum Gasteiger partial charge on any atom is 0.322 e. The van der Waals surface area contributed by atoms with Gasteiger partial charge in [-0.25, -0.2) is 23.4 Å². The Hall–Kier alpha value is -2.62. The van der Waals surface area contributed by atoms with Gasteiger partial charge in [0.1, 0.15) is 20.3 Å². The molecule has 4 rings (SSSR count). The zero-order valence-corrected chi connectivity index (χ0v) is 27.5. The van der Waals surface area contributed by atoms with Crippen molar-refractivity contribution in [3.05, 3.63) is 130 Å². The highest BCUT2D eigenvalue weighted by molar-refractivity contribution is 8.06. The van der Waals surface area contributed by atoms with E-state index in [1.807, 2.05) is 99.6 Å². The molecule has 7 nitrogen and oxygen atoms in total. The Morgan fingerprint density at radius 1 is 0.721 bits per heavy atom. The molecule has 0 aliphatic heterocycles. The number of hydrogen-bond acceptors (Lipinski definition) is 6. The molecule has 226 valence electrons. The molecule has 4 aromatic carbocycles. The van der Waals surface area contributed by atoms with Gasteiger partial charge in [0.05, 0.1) is 0 Å². The van der Waals surface area contributed by atoms with Crippen LogP contribution in [0.25, 0.3) is 0 Å². The standard InChI is InChI=1S/C31H29Cl2N2OPS.ClHO4/c1-31(2,3)35-30(36)34-29(28(33)38-27-21-19-23(32)20-22-27)37(24-13-7-4-8-14-24,25-15-9-5-10-16-25)26-17-11-6-12-18-26;2-1(3,4)5/h4-22H,1-3H3,(H-,34,35,36);(H,2,3,4,5)/b29-28-;. The van der Waals surface area contributed by atoms with Crippen LogP contribution in [0.15, 0.2) is 130 Å². The molecule has 0 fully saturated rings. The van der Waals surface area contributed by atoms with Crippen molar-refractivity contribution in [2.24, 2.45) is 0 Å². The third kappa shape index (κ3) is 10.5. The van der Waals surface area contributed by atoms with Crippen LogP contribution in [0, 0.1) is 10.2 Å². The summed E-state index contributed by atoms with van der Waals surface area (Å²) < 4.78 is 34.5. The highest BCUT2D eigenvalue weighted by Crippen LogP contribution is 2.63. The Morgan fingerprint density at radius 3 is 1.44 bits per heavy atom. The SMILES string of the molecule is CC(C)(C)NC(=O)N/C(=C(\Cl)Sc1ccc(Cl)cc1)[P+](c1ccccc1)(c1ccccc1)c1ccccc1.[O-][Cl+3]([O-])([O-])[O-]. The fourth-order valence-electron chi connectivity index (χ4n) is 4.19. The number of nitrogens with one attached hydrogen (secondary N) is 2. The Labute approximate surface area is 268 Å². The van der Waals surface area contributed by atoms with Gasteiger partial charge in [-0.2, -0.15) is 0 Å². The third-order valence-corrected chi connectivity index (χ3v) is 11.8. The third-order valence-electron chi connectivity index (χ3n) is 5.69. The van der Waals surface area contributed by atoms with E-state index in [2.05, 4.69) is 47.0 Å². The van der Waals surface area contributed by atoms with E-state index in [0.717, 1.165) is 20.8 Å². The van der Waals surface area contributed by atoms with Crippen LogP contribution in [0.3, 0.4) is 0 Å². The number of carbonyl (C=O) groups excluding carboxylic acids is 1. The van der Waals surface area contributed by atoms with E-state index in [1.54, 1.807) is 0 Å². The lowest BCUT2D eigenvalue weighted by Crippen LogP contribution is -2.68. The van der Waals surface area contributed by atoms with Crippen LogP contribution in [0.2, 0.25) is 5.02 Å². The summed E-state index contributed by atoms with van der Waals surface area (Å²) in [5.41, 5.74) is 0.239. The smallest absolute Gasteiger partial charge is 0.322 e. The zero-order valence-electron chi connectivity index (χ0n) is 23.5. The van der Waals surface area contributed by atoms with Gasteiger partial charge in [-0.1, -0.05) is 89.6 Å². The summed E-state index contributed by atoms with van der Waals surface area (Å²) >= 11 is 14.8. The predicted octanol–water partition coefficient (Wildman–Crippen LogP) is 3.13. The lowest BCUT2D eigenvalue weighted by Gasteiger charge is -2.31. The number of thioether (sulfide) groups is 1. The van der Waals surface area contributed by atoms with Crippen molar-refractivity contribution in [3.8, 4) is 0 Å². The minimum absolute atomic E-state index is 0.311. The molecule has 12 heteroatoms. The van der Waals surface area contributed by atoms with Crippen LogP contribution in [0.4, 0.5) is 4.79 Å². The van der Waals surface area contributed by atoms with E-state index in [0.29, 0.717) is 14.8 Å². The van der Waals surface area contributed by atoms with E-state index in [9.17, 15) is 4.79 Å². The molecule has 2 N–H and O–H groups in total.